The van der Waals surface area contributed by atoms with Gasteiger partial charge in [0, 0.05) is 30.9 Å². The maximum Gasteiger partial charge on any atom is 0.408 e. The van der Waals surface area contributed by atoms with Crippen LogP contribution < -0.4 is 0 Å². The van der Waals surface area contributed by atoms with E-state index < -0.39 is 11.6 Å². The first-order chi connectivity index (χ1) is 15.1. The second-order valence-electron chi connectivity index (χ2n) is 8.39. The van der Waals surface area contributed by atoms with E-state index in [1.807, 2.05) is 42.6 Å². The minimum Gasteiger partial charge on any atom is -0.465 e. The van der Waals surface area contributed by atoms with E-state index in [9.17, 15) is 9.90 Å². The Hall–Kier alpha value is -3.60. The molecule has 1 fully saturated rings. The van der Waals surface area contributed by atoms with Crippen molar-refractivity contribution in [2.45, 2.75) is 31.7 Å². The Morgan fingerprint density at radius 1 is 1.06 bits per heavy atom. The maximum atomic E-state index is 12.2. The van der Waals surface area contributed by atoms with Gasteiger partial charge in [-0.3, -0.25) is 4.90 Å². The fourth-order valence-corrected chi connectivity index (χ4v) is 4.93. The monoisotopic (exact) mass is 411 g/mol. The van der Waals surface area contributed by atoms with Crippen molar-refractivity contribution in [3.8, 4) is 11.1 Å². The third-order valence-electron chi connectivity index (χ3n) is 6.31. The Balaban J connectivity index is 1.70. The van der Waals surface area contributed by atoms with Gasteiger partial charge in [-0.2, -0.15) is 0 Å². The van der Waals surface area contributed by atoms with Gasteiger partial charge in [-0.1, -0.05) is 60.7 Å². The van der Waals surface area contributed by atoms with Crippen molar-refractivity contribution in [3.05, 3.63) is 95.9 Å². The van der Waals surface area contributed by atoms with Crippen molar-refractivity contribution in [1.29, 1.82) is 0 Å². The molecule has 3 heterocycles. The average Bonchev–Trinajstić information content (AvgIpc) is 3.39. The molecule has 156 valence electrons. The van der Waals surface area contributed by atoms with Crippen molar-refractivity contribution in [2.24, 2.45) is 0 Å². The van der Waals surface area contributed by atoms with Crippen LogP contribution in [-0.2, 0) is 12.0 Å². The number of benzene rings is 2. The van der Waals surface area contributed by atoms with Crippen molar-refractivity contribution < 1.29 is 9.90 Å². The Morgan fingerprint density at radius 2 is 1.77 bits per heavy atom. The quantitative estimate of drug-likeness (QED) is 0.481. The van der Waals surface area contributed by atoms with E-state index in [1.165, 1.54) is 0 Å². The van der Waals surface area contributed by atoms with E-state index in [4.69, 9.17) is 4.98 Å². The summed E-state index contributed by atoms with van der Waals surface area (Å²) in [5.74, 6) is 0. The molecule has 1 amide bonds. The van der Waals surface area contributed by atoms with E-state index in [2.05, 4.69) is 47.9 Å². The number of imidazole rings is 1. The standard InChI is InChI=1S/C26H25N3O2/c1-19-15-22(21-11-6-3-7-12-21)24-27-23(18-28(24)17-19)26(13-8-14-29(26)25(30)31)16-20-9-4-2-5-10-20/h2-7,9-12,15,17-18H,8,13-14,16H2,1H3,(H,30,31). The fraction of sp³-hybridized carbons (Fsp3) is 0.231. The van der Waals surface area contributed by atoms with Crippen LogP contribution in [0.3, 0.4) is 0 Å². The molecule has 1 N–H and O–H groups in total. The van der Waals surface area contributed by atoms with E-state index in [0.29, 0.717) is 13.0 Å². The smallest absolute Gasteiger partial charge is 0.408 e. The first-order valence-corrected chi connectivity index (χ1v) is 10.7. The summed E-state index contributed by atoms with van der Waals surface area (Å²) < 4.78 is 2.05. The Labute approximate surface area is 181 Å². The van der Waals surface area contributed by atoms with Crippen LogP contribution in [-0.4, -0.2) is 32.0 Å². The van der Waals surface area contributed by atoms with Gasteiger partial charge in [0.05, 0.1) is 11.2 Å². The molecule has 1 unspecified atom stereocenters. The Bertz CT molecular complexity index is 1230. The largest absolute Gasteiger partial charge is 0.465 e. The van der Waals surface area contributed by atoms with Gasteiger partial charge >= 0.3 is 6.09 Å². The average molecular weight is 412 g/mol. The van der Waals surface area contributed by atoms with Crippen molar-refractivity contribution in [3.63, 3.8) is 0 Å². The highest BCUT2D eigenvalue weighted by atomic mass is 16.4. The SMILES string of the molecule is Cc1cc(-c2ccccc2)c2nc(C3(Cc4ccccc4)CCCN3C(=O)O)cn2c1. The maximum absolute atomic E-state index is 12.2. The molecule has 5 nitrogen and oxygen atoms in total. The predicted octanol–water partition coefficient (Wildman–Crippen LogP) is 5.52. The van der Waals surface area contributed by atoms with Gasteiger partial charge in [-0.05, 0) is 42.5 Å². The highest BCUT2D eigenvalue weighted by Gasteiger charge is 2.47. The number of likely N-dealkylation sites (tertiary alicyclic amines) is 1. The van der Waals surface area contributed by atoms with Crippen LogP contribution in [0.1, 0.15) is 29.7 Å². The number of nitrogens with zero attached hydrogens (tertiary/aromatic N) is 3. The summed E-state index contributed by atoms with van der Waals surface area (Å²) in [6.07, 6.45) is 5.41. The van der Waals surface area contributed by atoms with E-state index in [1.54, 1.807) is 4.90 Å². The van der Waals surface area contributed by atoms with Crippen LogP contribution in [0.5, 0.6) is 0 Å². The number of carbonyl (C=O) groups is 1. The fourth-order valence-electron chi connectivity index (χ4n) is 4.93. The first-order valence-electron chi connectivity index (χ1n) is 10.7. The number of pyridine rings is 1. The molecular weight excluding hydrogens is 386 g/mol. The van der Waals surface area contributed by atoms with Gasteiger partial charge in [0.2, 0.25) is 0 Å². The summed E-state index contributed by atoms with van der Waals surface area (Å²) in [6, 6.07) is 22.5. The summed E-state index contributed by atoms with van der Waals surface area (Å²) in [6.45, 7) is 2.60. The van der Waals surface area contributed by atoms with E-state index in [0.717, 1.165) is 46.4 Å². The lowest BCUT2D eigenvalue weighted by molar-refractivity contribution is 0.0985. The van der Waals surface area contributed by atoms with Gasteiger partial charge in [0.15, 0.2) is 0 Å². The summed E-state index contributed by atoms with van der Waals surface area (Å²) in [7, 11) is 0. The molecule has 5 heteroatoms. The minimum atomic E-state index is -0.884. The zero-order valence-corrected chi connectivity index (χ0v) is 17.5. The van der Waals surface area contributed by atoms with Crippen LogP contribution in [0.4, 0.5) is 4.79 Å². The highest BCUT2D eigenvalue weighted by molar-refractivity contribution is 5.78. The molecule has 0 bridgehead atoms. The molecule has 31 heavy (non-hydrogen) atoms. The third-order valence-corrected chi connectivity index (χ3v) is 6.31. The summed E-state index contributed by atoms with van der Waals surface area (Å²) in [5.41, 5.74) is 5.42. The molecular formula is C26H25N3O2. The third kappa shape index (κ3) is 3.36. The van der Waals surface area contributed by atoms with Crippen molar-refractivity contribution in [1.82, 2.24) is 14.3 Å². The lowest BCUT2D eigenvalue weighted by Gasteiger charge is -2.35. The molecule has 2 aromatic heterocycles. The molecule has 1 atom stereocenters. The number of carboxylic acid groups (broad SMARTS) is 1. The van der Waals surface area contributed by atoms with Crippen LogP contribution in [0.2, 0.25) is 0 Å². The van der Waals surface area contributed by atoms with Crippen LogP contribution in [0.25, 0.3) is 16.8 Å². The normalized spacial score (nSPS) is 18.5. The van der Waals surface area contributed by atoms with Crippen LogP contribution in [0, 0.1) is 6.92 Å². The summed E-state index contributed by atoms with van der Waals surface area (Å²) >= 11 is 0. The van der Waals surface area contributed by atoms with E-state index in [-0.39, 0.29) is 0 Å². The molecule has 0 saturated carbocycles. The van der Waals surface area contributed by atoms with Crippen molar-refractivity contribution >= 4 is 11.7 Å². The van der Waals surface area contributed by atoms with Crippen LogP contribution >= 0.6 is 0 Å². The number of hydrogen-bond acceptors (Lipinski definition) is 2. The van der Waals surface area contributed by atoms with Gasteiger partial charge in [0.1, 0.15) is 5.65 Å². The molecule has 0 radical (unpaired) electrons. The van der Waals surface area contributed by atoms with Gasteiger partial charge in [-0.15, -0.1) is 0 Å². The van der Waals surface area contributed by atoms with Gasteiger partial charge < -0.3 is 9.51 Å². The van der Waals surface area contributed by atoms with Crippen molar-refractivity contribution in [2.75, 3.05) is 6.54 Å². The molecule has 0 spiro atoms. The number of fused-ring (bicyclic) bond motifs is 1. The molecule has 1 aliphatic rings. The van der Waals surface area contributed by atoms with E-state index >= 15 is 0 Å². The zero-order valence-electron chi connectivity index (χ0n) is 17.5. The molecule has 0 aliphatic carbocycles. The van der Waals surface area contributed by atoms with Gasteiger partial charge in [0.25, 0.3) is 0 Å². The van der Waals surface area contributed by atoms with Crippen LogP contribution in [0.15, 0.2) is 79.1 Å². The highest BCUT2D eigenvalue weighted by Crippen LogP contribution is 2.42. The molecule has 2 aromatic carbocycles. The molecule has 1 aliphatic heterocycles. The number of aromatic nitrogens is 2. The van der Waals surface area contributed by atoms with Gasteiger partial charge in [-0.25, -0.2) is 9.78 Å². The molecule has 4 aromatic rings. The minimum absolute atomic E-state index is 0.528. The Morgan fingerprint density at radius 3 is 2.48 bits per heavy atom. The number of amides is 1. The number of aryl methyl sites for hydroxylation is 1. The predicted molar refractivity (Wildman–Crippen MR) is 121 cm³/mol. The zero-order chi connectivity index (χ0) is 21.4. The summed E-state index contributed by atoms with van der Waals surface area (Å²) in [5, 5.41) is 10.0. The second kappa shape index (κ2) is 7.58. The Kier molecular flexibility index (Phi) is 4.74. The molecule has 1 saturated heterocycles. The second-order valence-corrected chi connectivity index (χ2v) is 8.39. The topological polar surface area (TPSA) is 57.8 Å². The number of hydrogen-bond donors (Lipinski definition) is 1. The molecule has 5 rings (SSSR count). The lowest BCUT2D eigenvalue weighted by Crippen LogP contribution is -2.46. The number of rotatable bonds is 4. The summed E-state index contributed by atoms with van der Waals surface area (Å²) in [4.78, 5) is 18.9. The first kappa shape index (κ1) is 19.4. The lowest BCUT2D eigenvalue weighted by atomic mass is 9.85.